The first-order valence-corrected chi connectivity index (χ1v) is 10.4. The largest absolute Gasteiger partial charge is 0.349 e. The van der Waals surface area contributed by atoms with Gasteiger partial charge in [0.05, 0.1) is 11.9 Å². The van der Waals surface area contributed by atoms with Crippen LogP contribution in [0.5, 0.6) is 0 Å². The van der Waals surface area contributed by atoms with Gasteiger partial charge in [-0.3, -0.25) is 9.69 Å². The summed E-state index contributed by atoms with van der Waals surface area (Å²) in [7, 11) is 0. The summed E-state index contributed by atoms with van der Waals surface area (Å²) in [4.78, 5) is 24.8. The SMILES string of the molecule is CC1c2cccn2CCN1Cc1nc2scc(-c3cccs3)c2c(=O)[nH]1. The first kappa shape index (κ1) is 16.0. The molecule has 132 valence electrons. The molecule has 1 aliphatic rings. The number of aromatic amines is 1. The zero-order valence-corrected chi connectivity index (χ0v) is 15.9. The fourth-order valence-corrected chi connectivity index (χ4v) is 5.50. The number of rotatable bonds is 3. The predicted octanol–water partition coefficient (Wildman–Crippen LogP) is 4.09. The van der Waals surface area contributed by atoms with E-state index in [-0.39, 0.29) is 5.56 Å². The minimum absolute atomic E-state index is 0.0392. The van der Waals surface area contributed by atoms with Crippen LogP contribution >= 0.6 is 22.7 Å². The van der Waals surface area contributed by atoms with Crippen molar-refractivity contribution < 1.29 is 0 Å². The number of hydrogen-bond acceptors (Lipinski definition) is 5. The topological polar surface area (TPSA) is 53.9 Å². The Hall–Kier alpha value is -2.22. The molecule has 0 saturated heterocycles. The lowest BCUT2D eigenvalue weighted by atomic mass is 10.1. The lowest BCUT2D eigenvalue weighted by Crippen LogP contribution is -2.36. The molecule has 4 aromatic rings. The second kappa shape index (κ2) is 6.19. The Morgan fingerprint density at radius 3 is 3.04 bits per heavy atom. The first-order chi connectivity index (χ1) is 12.7. The minimum atomic E-state index is -0.0392. The van der Waals surface area contributed by atoms with Crippen molar-refractivity contribution >= 4 is 32.9 Å². The quantitative estimate of drug-likeness (QED) is 0.581. The Morgan fingerprint density at radius 1 is 1.27 bits per heavy atom. The molecule has 1 unspecified atom stereocenters. The van der Waals surface area contributed by atoms with E-state index in [2.05, 4.69) is 39.7 Å². The molecule has 0 fully saturated rings. The van der Waals surface area contributed by atoms with Crippen LogP contribution in [-0.2, 0) is 13.1 Å². The maximum atomic E-state index is 12.8. The summed E-state index contributed by atoms with van der Waals surface area (Å²) in [5.74, 6) is 0.744. The molecule has 1 aliphatic heterocycles. The maximum absolute atomic E-state index is 12.8. The molecule has 5 rings (SSSR count). The van der Waals surface area contributed by atoms with E-state index in [1.54, 1.807) is 22.7 Å². The molecule has 0 aromatic carbocycles. The maximum Gasteiger partial charge on any atom is 0.260 e. The van der Waals surface area contributed by atoms with Crippen LogP contribution in [0.3, 0.4) is 0 Å². The monoisotopic (exact) mass is 382 g/mol. The Bertz CT molecular complexity index is 1120. The van der Waals surface area contributed by atoms with E-state index in [1.165, 1.54) is 5.69 Å². The highest BCUT2D eigenvalue weighted by Crippen LogP contribution is 2.33. The predicted molar refractivity (Wildman–Crippen MR) is 107 cm³/mol. The molecular formula is C19H18N4OS2. The van der Waals surface area contributed by atoms with Crippen molar-refractivity contribution in [1.29, 1.82) is 0 Å². The van der Waals surface area contributed by atoms with Crippen LogP contribution in [0, 0.1) is 0 Å². The first-order valence-electron chi connectivity index (χ1n) is 8.64. The van der Waals surface area contributed by atoms with Crippen LogP contribution in [0.25, 0.3) is 20.7 Å². The van der Waals surface area contributed by atoms with Crippen LogP contribution in [-0.4, -0.2) is 26.0 Å². The highest BCUT2D eigenvalue weighted by molar-refractivity contribution is 7.18. The average Bonchev–Trinajstić information content (AvgIpc) is 3.36. The van der Waals surface area contributed by atoms with Crippen LogP contribution in [0.2, 0.25) is 0 Å². The van der Waals surface area contributed by atoms with Crippen molar-refractivity contribution in [3.8, 4) is 10.4 Å². The third kappa shape index (κ3) is 2.55. The van der Waals surface area contributed by atoms with E-state index in [0.717, 1.165) is 34.2 Å². The molecule has 5 heterocycles. The number of nitrogens with one attached hydrogen (secondary N) is 1. The number of thiophene rings is 2. The highest BCUT2D eigenvalue weighted by Gasteiger charge is 2.24. The summed E-state index contributed by atoms with van der Waals surface area (Å²) in [6, 6.07) is 8.63. The van der Waals surface area contributed by atoms with Gasteiger partial charge >= 0.3 is 0 Å². The van der Waals surface area contributed by atoms with Crippen molar-refractivity contribution in [1.82, 2.24) is 19.4 Å². The third-order valence-electron chi connectivity index (χ3n) is 5.10. The van der Waals surface area contributed by atoms with Crippen LogP contribution in [0.1, 0.15) is 24.5 Å². The third-order valence-corrected chi connectivity index (χ3v) is 6.88. The van der Waals surface area contributed by atoms with Crippen molar-refractivity contribution in [2.75, 3.05) is 6.54 Å². The second-order valence-electron chi connectivity index (χ2n) is 6.59. The van der Waals surface area contributed by atoms with E-state index in [4.69, 9.17) is 4.98 Å². The van der Waals surface area contributed by atoms with Gasteiger partial charge in [-0.15, -0.1) is 22.7 Å². The van der Waals surface area contributed by atoms with Crippen LogP contribution < -0.4 is 5.56 Å². The zero-order chi connectivity index (χ0) is 17.7. The summed E-state index contributed by atoms with van der Waals surface area (Å²) in [5, 5.41) is 4.78. The molecule has 5 nitrogen and oxygen atoms in total. The standard InChI is InChI=1S/C19H18N4OS2/c1-12-14-4-2-6-22(14)7-8-23(12)10-16-20-18(24)17-13(11-26-19(17)21-16)15-5-3-9-25-15/h2-6,9,11-12H,7-8,10H2,1H3,(H,20,21,24). The average molecular weight is 383 g/mol. The lowest BCUT2D eigenvalue weighted by Gasteiger charge is -2.34. The molecular weight excluding hydrogens is 364 g/mol. The van der Waals surface area contributed by atoms with E-state index < -0.39 is 0 Å². The van der Waals surface area contributed by atoms with Crippen LogP contribution in [0.15, 0.2) is 46.0 Å². The molecule has 1 atom stereocenters. The fraction of sp³-hybridized carbons (Fsp3) is 0.263. The molecule has 0 saturated carbocycles. The van der Waals surface area contributed by atoms with Crippen molar-refractivity contribution in [3.05, 3.63) is 63.1 Å². The molecule has 0 bridgehead atoms. The van der Waals surface area contributed by atoms with Gasteiger partial charge in [0.1, 0.15) is 10.7 Å². The van der Waals surface area contributed by atoms with Crippen molar-refractivity contribution in [2.24, 2.45) is 0 Å². The number of hydrogen-bond donors (Lipinski definition) is 1. The molecule has 4 aromatic heterocycles. The number of aromatic nitrogens is 3. The smallest absolute Gasteiger partial charge is 0.260 e. The summed E-state index contributed by atoms with van der Waals surface area (Å²) in [5.41, 5.74) is 2.27. The van der Waals surface area contributed by atoms with Gasteiger partial charge in [-0.2, -0.15) is 0 Å². The van der Waals surface area contributed by atoms with Gasteiger partial charge in [0.15, 0.2) is 0 Å². The fourth-order valence-electron chi connectivity index (χ4n) is 3.72. The van der Waals surface area contributed by atoms with Gasteiger partial charge in [0, 0.05) is 46.8 Å². The molecule has 0 radical (unpaired) electrons. The lowest BCUT2D eigenvalue weighted by molar-refractivity contribution is 0.157. The van der Waals surface area contributed by atoms with Gasteiger partial charge < -0.3 is 9.55 Å². The summed E-state index contributed by atoms with van der Waals surface area (Å²) in [6.07, 6.45) is 2.13. The molecule has 7 heteroatoms. The Kier molecular flexibility index (Phi) is 3.81. The number of H-pyrrole nitrogens is 1. The van der Waals surface area contributed by atoms with Gasteiger partial charge in [-0.05, 0) is 30.5 Å². The number of nitrogens with zero attached hydrogens (tertiary/aromatic N) is 3. The Balaban J connectivity index is 1.49. The van der Waals surface area contributed by atoms with Gasteiger partial charge in [-0.25, -0.2) is 4.98 Å². The summed E-state index contributed by atoms with van der Waals surface area (Å²) in [6.45, 7) is 4.79. The van der Waals surface area contributed by atoms with Gasteiger partial charge in [-0.1, -0.05) is 6.07 Å². The normalized spacial score (nSPS) is 17.7. The molecule has 0 spiro atoms. The molecule has 0 amide bonds. The van der Waals surface area contributed by atoms with E-state index >= 15 is 0 Å². The minimum Gasteiger partial charge on any atom is -0.349 e. The van der Waals surface area contributed by atoms with Crippen LogP contribution in [0.4, 0.5) is 0 Å². The second-order valence-corrected chi connectivity index (χ2v) is 8.40. The highest BCUT2D eigenvalue weighted by atomic mass is 32.1. The Morgan fingerprint density at radius 2 is 2.19 bits per heavy atom. The molecule has 26 heavy (non-hydrogen) atoms. The summed E-state index contributed by atoms with van der Waals surface area (Å²) < 4.78 is 2.30. The molecule has 1 N–H and O–H groups in total. The van der Waals surface area contributed by atoms with Gasteiger partial charge in [0.25, 0.3) is 5.56 Å². The van der Waals surface area contributed by atoms with Crippen molar-refractivity contribution in [3.63, 3.8) is 0 Å². The van der Waals surface area contributed by atoms with Gasteiger partial charge in [0.2, 0.25) is 0 Å². The van der Waals surface area contributed by atoms with E-state index in [0.29, 0.717) is 18.0 Å². The Labute approximate surface area is 158 Å². The van der Waals surface area contributed by atoms with E-state index in [1.807, 2.05) is 22.9 Å². The summed E-state index contributed by atoms with van der Waals surface area (Å²) >= 11 is 3.19. The number of fused-ring (bicyclic) bond motifs is 2. The molecule has 0 aliphatic carbocycles. The van der Waals surface area contributed by atoms with E-state index in [9.17, 15) is 4.79 Å². The zero-order valence-electron chi connectivity index (χ0n) is 14.3. The van der Waals surface area contributed by atoms with Crippen molar-refractivity contribution in [2.45, 2.75) is 26.1 Å².